The van der Waals surface area contributed by atoms with Crippen LogP contribution in [-0.2, 0) is 11.0 Å². The van der Waals surface area contributed by atoms with Crippen molar-refractivity contribution in [3.05, 3.63) is 64.8 Å². The predicted molar refractivity (Wildman–Crippen MR) is 117 cm³/mol. The number of aromatic nitrogens is 2. The number of ether oxygens (including phenoxy) is 2. The number of nitrogens with two attached hydrogens (primary N) is 2. The molecule has 9 nitrogen and oxygen atoms in total. The molecular formula is C21H21N4O5P. The molecule has 1 aromatic heterocycles. The number of anilines is 2. The Labute approximate surface area is 179 Å². The van der Waals surface area contributed by atoms with Gasteiger partial charge >= 0.3 is 7.60 Å². The summed E-state index contributed by atoms with van der Waals surface area (Å²) in [6.45, 7) is 0. The third-order valence-corrected chi connectivity index (χ3v) is 5.42. The van der Waals surface area contributed by atoms with Crippen molar-refractivity contribution in [3.63, 3.8) is 0 Å². The summed E-state index contributed by atoms with van der Waals surface area (Å²) in [5.74, 6) is 6.96. The normalized spacial score (nSPS) is 10.8. The summed E-state index contributed by atoms with van der Waals surface area (Å²) < 4.78 is 22.6. The Hall–Kier alpha value is -3.57. The smallest absolute Gasteiger partial charge is 0.357 e. The third-order valence-electron chi connectivity index (χ3n) is 4.40. The molecule has 1 heterocycles. The Bertz CT molecular complexity index is 1230. The van der Waals surface area contributed by atoms with Crippen LogP contribution in [0.15, 0.2) is 42.6 Å². The molecule has 0 aliphatic carbocycles. The molecule has 0 aliphatic rings. The van der Waals surface area contributed by atoms with Gasteiger partial charge in [0.15, 0.2) is 11.5 Å². The SMILES string of the molecule is COc1cc(Cc2cnc(N)nc2N)cc(C#Cc2ccccc2P(=O)(O)O)c1OC. The number of rotatable bonds is 5. The first-order chi connectivity index (χ1) is 14.7. The van der Waals surface area contributed by atoms with Crippen molar-refractivity contribution in [2.24, 2.45) is 0 Å². The molecule has 0 spiro atoms. The standard InChI is InChI=1S/C21H21N4O5P/c1-29-17-11-13(10-16-12-24-21(23)25-20(16)22)9-15(19(17)30-2)8-7-14-5-3-4-6-18(14)31(26,27)28/h3-6,9,11-12H,10H2,1-2H3,(H2,26,27,28)(H4,22,23,24,25). The summed E-state index contributed by atoms with van der Waals surface area (Å²) in [7, 11) is -1.49. The van der Waals surface area contributed by atoms with Crippen molar-refractivity contribution in [1.82, 2.24) is 9.97 Å². The number of hydrogen-bond donors (Lipinski definition) is 4. The van der Waals surface area contributed by atoms with E-state index in [1.165, 1.54) is 20.3 Å². The molecule has 0 saturated heterocycles. The van der Waals surface area contributed by atoms with Gasteiger partial charge < -0.3 is 30.7 Å². The lowest BCUT2D eigenvalue weighted by Crippen LogP contribution is -2.08. The first kappa shape index (κ1) is 22.1. The zero-order valence-corrected chi connectivity index (χ0v) is 17.8. The van der Waals surface area contributed by atoms with Gasteiger partial charge in [-0.15, -0.1) is 0 Å². The van der Waals surface area contributed by atoms with E-state index in [1.54, 1.807) is 36.5 Å². The van der Waals surface area contributed by atoms with Gasteiger partial charge in [0.2, 0.25) is 5.95 Å². The quantitative estimate of drug-likeness (QED) is 0.341. The van der Waals surface area contributed by atoms with E-state index in [-0.39, 0.29) is 22.6 Å². The fourth-order valence-electron chi connectivity index (χ4n) is 2.97. The lowest BCUT2D eigenvalue weighted by molar-refractivity contribution is 0.354. The predicted octanol–water partition coefficient (Wildman–Crippen LogP) is 1.45. The first-order valence-corrected chi connectivity index (χ1v) is 10.6. The molecule has 0 radical (unpaired) electrons. The molecule has 160 valence electrons. The summed E-state index contributed by atoms with van der Waals surface area (Å²) in [6.07, 6.45) is 1.94. The molecule has 0 atom stereocenters. The van der Waals surface area contributed by atoms with E-state index in [2.05, 4.69) is 21.8 Å². The Morgan fingerprint density at radius 3 is 2.42 bits per heavy atom. The topological polar surface area (TPSA) is 154 Å². The molecule has 3 aromatic rings. The van der Waals surface area contributed by atoms with Crippen LogP contribution in [0.4, 0.5) is 11.8 Å². The molecule has 2 aromatic carbocycles. The number of nitrogens with zero attached hydrogens (tertiary/aromatic N) is 2. The van der Waals surface area contributed by atoms with Crippen LogP contribution in [0, 0.1) is 11.8 Å². The first-order valence-electron chi connectivity index (χ1n) is 9.02. The highest BCUT2D eigenvalue weighted by Gasteiger charge is 2.20. The van der Waals surface area contributed by atoms with Crippen LogP contribution in [0.5, 0.6) is 11.5 Å². The monoisotopic (exact) mass is 440 g/mol. The molecule has 0 bridgehead atoms. The van der Waals surface area contributed by atoms with Gasteiger partial charge in [-0.2, -0.15) is 4.98 Å². The van der Waals surface area contributed by atoms with E-state index in [0.29, 0.717) is 29.0 Å². The van der Waals surface area contributed by atoms with Crippen molar-refractivity contribution < 1.29 is 23.8 Å². The fourth-order valence-corrected chi connectivity index (χ4v) is 3.70. The van der Waals surface area contributed by atoms with Gasteiger partial charge in [-0.3, -0.25) is 4.57 Å². The van der Waals surface area contributed by atoms with E-state index in [1.807, 2.05) is 0 Å². The number of hydrogen-bond acceptors (Lipinski definition) is 7. The zero-order chi connectivity index (χ0) is 22.6. The zero-order valence-electron chi connectivity index (χ0n) is 16.9. The summed E-state index contributed by atoms with van der Waals surface area (Å²) in [5.41, 5.74) is 13.7. The third kappa shape index (κ3) is 5.13. The molecule has 0 aliphatic heterocycles. The molecule has 0 saturated carbocycles. The van der Waals surface area contributed by atoms with Crippen molar-refractivity contribution in [2.45, 2.75) is 6.42 Å². The second-order valence-corrected chi connectivity index (χ2v) is 8.08. The maximum Gasteiger partial charge on any atom is 0.357 e. The highest BCUT2D eigenvalue weighted by atomic mass is 31.2. The van der Waals surface area contributed by atoms with Gasteiger partial charge in [0.05, 0.1) is 25.1 Å². The van der Waals surface area contributed by atoms with Crippen molar-refractivity contribution >= 4 is 24.7 Å². The van der Waals surface area contributed by atoms with E-state index in [9.17, 15) is 14.4 Å². The van der Waals surface area contributed by atoms with Gasteiger partial charge in [0, 0.05) is 23.7 Å². The largest absolute Gasteiger partial charge is 0.493 e. The van der Waals surface area contributed by atoms with Gasteiger partial charge in [0.1, 0.15) is 5.82 Å². The Balaban J connectivity index is 2.08. The van der Waals surface area contributed by atoms with Gasteiger partial charge in [-0.25, -0.2) is 4.98 Å². The minimum Gasteiger partial charge on any atom is -0.493 e. The van der Waals surface area contributed by atoms with Crippen LogP contribution in [0.3, 0.4) is 0 Å². The van der Waals surface area contributed by atoms with E-state index < -0.39 is 7.60 Å². The van der Waals surface area contributed by atoms with Crippen LogP contribution >= 0.6 is 7.60 Å². The lowest BCUT2D eigenvalue weighted by Gasteiger charge is -2.13. The van der Waals surface area contributed by atoms with Crippen molar-refractivity contribution in [2.75, 3.05) is 25.7 Å². The fraction of sp³-hybridized carbons (Fsp3) is 0.143. The van der Waals surface area contributed by atoms with E-state index >= 15 is 0 Å². The van der Waals surface area contributed by atoms with E-state index in [0.717, 1.165) is 5.56 Å². The summed E-state index contributed by atoms with van der Waals surface area (Å²) >= 11 is 0. The highest BCUT2D eigenvalue weighted by molar-refractivity contribution is 7.60. The molecule has 10 heteroatoms. The average Bonchev–Trinajstić information content (AvgIpc) is 2.73. The molecule has 3 rings (SSSR count). The Morgan fingerprint density at radius 1 is 1.06 bits per heavy atom. The molecule has 31 heavy (non-hydrogen) atoms. The van der Waals surface area contributed by atoms with Crippen LogP contribution in [-0.4, -0.2) is 34.0 Å². The van der Waals surface area contributed by atoms with Gasteiger partial charge in [-0.05, 0) is 29.8 Å². The molecule has 0 amide bonds. The summed E-state index contributed by atoms with van der Waals surface area (Å²) in [5, 5.41) is -0.142. The van der Waals surface area contributed by atoms with Crippen LogP contribution in [0.1, 0.15) is 22.3 Å². The molecule has 0 unspecified atom stereocenters. The van der Waals surface area contributed by atoms with E-state index in [4.69, 9.17) is 20.9 Å². The molecular weight excluding hydrogens is 419 g/mol. The summed E-state index contributed by atoms with van der Waals surface area (Å²) in [6, 6.07) is 9.65. The van der Waals surface area contributed by atoms with Crippen molar-refractivity contribution in [1.29, 1.82) is 0 Å². The maximum atomic E-state index is 11.8. The van der Waals surface area contributed by atoms with Crippen LogP contribution < -0.4 is 26.2 Å². The Kier molecular flexibility index (Phi) is 6.47. The maximum absolute atomic E-state index is 11.8. The minimum absolute atomic E-state index is 0.0869. The van der Waals surface area contributed by atoms with Crippen LogP contribution in [0.25, 0.3) is 0 Å². The highest BCUT2D eigenvalue weighted by Crippen LogP contribution is 2.35. The second-order valence-electron chi connectivity index (χ2n) is 6.51. The number of methoxy groups -OCH3 is 2. The minimum atomic E-state index is -4.47. The number of benzene rings is 2. The van der Waals surface area contributed by atoms with Crippen molar-refractivity contribution in [3.8, 4) is 23.3 Å². The Morgan fingerprint density at radius 2 is 1.77 bits per heavy atom. The molecule has 0 fully saturated rings. The van der Waals surface area contributed by atoms with Gasteiger partial charge in [-0.1, -0.05) is 24.0 Å². The van der Waals surface area contributed by atoms with Crippen LogP contribution in [0.2, 0.25) is 0 Å². The lowest BCUT2D eigenvalue weighted by atomic mass is 10.0. The average molecular weight is 440 g/mol. The second kappa shape index (κ2) is 9.06. The summed E-state index contributed by atoms with van der Waals surface area (Å²) in [4.78, 5) is 27.1. The molecule has 6 N–H and O–H groups in total. The number of nitrogen functional groups attached to an aromatic ring is 2. The van der Waals surface area contributed by atoms with Gasteiger partial charge in [0.25, 0.3) is 0 Å².